The Balaban J connectivity index is 2.43. The summed E-state index contributed by atoms with van der Waals surface area (Å²) in [6.45, 7) is 6.20. The lowest BCUT2D eigenvalue weighted by molar-refractivity contribution is -0.130. The average Bonchev–Trinajstić information content (AvgIpc) is 2.19. The minimum atomic E-state index is 0.108. The van der Waals surface area contributed by atoms with E-state index in [-0.39, 0.29) is 12.0 Å². The predicted octanol–water partition coefficient (Wildman–Crippen LogP) is 1.59. The van der Waals surface area contributed by atoms with E-state index in [0.717, 1.165) is 32.5 Å². The number of carbonyl (C=O) groups excluding carboxylic acids is 1. The van der Waals surface area contributed by atoms with Gasteiger partial charge < -0.3 is 9.64 Å². The Labute approximate surface area is 85.7 Å². The number of allylic oxidation sites excluding steroid dienone is 1. The number of ether oxygens (including phenoxy) is 1. The van der Waals surface area contributed by atoms with Gasteiger partial charge in [-0.05, 0) is 32.8 Å². The molecule has 1 heterocycles. The van der Waals surface area contributed by atoms with Gasteiger partial charge in [-0.25, -0.2) is 0 Å². The van der Waals surface area contributed by atoms with Crippen molar-refractivity contribution >= 4 is 5.91 Å². The number of carbonyl (C=O) groups is 1. The quantitative estimate of drug-likeness (QED) is 0.643. The maximum absolute atomic E-state index is 11.5. The second-order valence-electron chi connectivity index (χ2n) is 3.50. The topological polar surface area (TPSA) is 29.5 Å². The molecule has 14 heavy (non-hydrogen) atoms. The van der Waals surface area contributed by atoms with E-state index in [0.29, 0.717) is 0 Å². The normalized spacial score (nSPS) is 23.0. The van der Waals surface area contributed by atoms with Crippen molar-refractivity contribution in [3.05, 3.63) is 12.2 Å². The van der Waals surface area contributed by atoms with Crippen LogP contribution in [-0.4, -0.2) is 36.6 Å². The molecule has 1 atom stereocenters. The Morgan fingerprint density at radius 2 is 2.43 bits per heavy atom. The second kappa shape index (κ2) is 5.81. The van der Waals surface area contributed by atoms with Crippen molar-refractivity contribution in [3.63, 3.8) is 0 Å². The van der Waals surface area contributed by atoms with Crippen LogP contribution in [0.3, 0.4) is 0 Å². The van der Waals surface area contributed by atoms with Gasteiger partial charge in [0.2, 0.25) is 5.91 Å². The largest absolute Gasteiger partial charge is 0.377 e. The molecule has 1 aliphatic heterocycles. The van der Waals surface area contributed by atoms with E-state index < -0.39 is 0 Å². The van der Waals surface area contributed by atoms with Gasteiger partial charge in [0.25, 0.3) is 0 Å². The average molecular weight is 197 g/mol. The third-order valence-electron chi connectivity index (χ3n) is 2.40. The number of piperidine rings is 1. The van der Waals surface area contributed by atoms with Gasteiger partial charge in [0.15, 0.2) is 0 Å². The zero-order valence-corrected chi connectivity index (χ0v) is 9.03. The number of likely N-dealkylation sites (tertiary alicyclic amines) is 1. The van der Waals surface area contributed by atoms with E-state index in [1.54, 1.807) is 12.2 Å². The lowest BCUT2D eigenvalue weighted by atomic mass is 10.1. The number of hydrogen-bond donors (Lipinski definition) is 0. The first-order chi connectivity index (χ1) is 6.77. The minimum absolute atomic E-state index is 0.108. The summed E-state index contributed by atoms with van der Waals surface area (Å²) in [6, 6.07) is 0. The summed E-state index contributed by atoms with van der Waals surface area (Å²) in [6.07, 6.45) is 5.77. The van der Waals surface area contributed by atoms with E-state index in [9.17, 15) is 4.79 Å². The molecule has 1 saturated heterocycles. The Morgan fingerprint density at radius 1 is 1.64 bits per heavy atom. The van der Waals surface area contributed by atoms with Gasteiger partial charge in [-0.15, -0.1) is 0 Å². The highest BCUT2D eigenvalue weighted by Crippen LogP contribution is 2.13. The highest BCUT2D eigenvalue weighted by Gasteiger charge is 2.22. The summed E-state index contributed by atoms with van der Waals surface area (Å²) in [5.41, 5.74) is 0. The molecule has 0 spiro atoms. The lowest BCUT2D eigenvalue weighted by Gasteiger charge is -2.31. The maximum atomic E-state index is 11.5. The Hall–Kier alpha value is -0.830. The van der Waals surface area contributed by atoms with Crippen LogP contribution < -0.4 is 0 Å². The molecule has 0 aromatic heterocycles. The molecular formula is C11H19NO2. The Morgan fingerprint density at radius 3 is 3.07 bits per heavy atom. The van der Waals surface area contributed by atoms with Crippen LogP contribution in [0, 0.1) is 0 Å². The molecule has 0 aromatic rings. The number of rotatable bonds is 3. The molecule has 0 aromatic carbocycles. The van der Waals surface area contributed by atoms with Gasteiger partial charge in [0.05, 0.1) is 6.10 Å². The van der Waals surface area contributed by atoms with E-state index >= 15 is 0 Å². The molecule has 3 heteroatoms. The summed E-state index contributed by atoms with van der Waals surface area (Å²) in [5.74, 6) is 0.108. The Kier molecular flexibility index (Phi) is 4.66. The highest BCUT2D eigenvalue weighted by atomic mass is 16.5. The molecule has 0 saturated carbocycles. The molecule has 0 radical (unpaired) electrons. The standard InChI is InChI=1S/C11H19NO2/c1-3-6-11(13)12-8-5-7-10(9-12)14-4-2/h3,6,10H,4-5,7-9H2,1-2H3. The molecule has 1 amide bonds. The molecule has 1 aliphatic rings. The van der Waals surface area contributed by atoms with E-state index in [1.807, 2.05) is 18.7 Å². The van der Waals surface area contributed by atoms with Crippen LogP contribution in [0.5, 0.6) is 0 Å². The minimum Gasteiger partial charge on any atom is -0.377 e. The number of nitrogens with zero attached hydrogens (tertiary/aromatic N) is 1. The fourth-order valence-corrected chi connectivity index (χ4v) is 1.76. The summed E-state index contributed by atoms with van der Waals surface area (Å²) < 4.78 is 5.52. The van der Waals surface area contributed by atoms with Crippen LogP contribution in [0.25, 0.3) is 0 Å². The first-order valence-electron chi connectivity index (χ1n) is 5.31. The smallest absolute Gasteiger partial charge is 0.246 e. The van der Waals surface area contributed by atoms with Crippen LogP contribution in [0.1, 0.15) is 26.7 Å². The molecule has 0 bridgehead atoms. The van der Waals surface area contributed by atoms with Crippen LogP contribution in [0.15, 0.2) is 12.2 Å². The summed E-state index contributed by atoms with van der Waals surface area (Å²) in [5, 5.41) is 0. The molecule has 80 valence electrons. The number of amides is 1. The monoisotopic (exact) mass is 197 g/mol. The molecule has 3 nitrogen and oxygen atoms in total. The van der Waals surface area contributed by atoms with E-state index in [4.69, 9.17) is 4.74 Å². The van der Waals surface area contributed by atoms with Gasteiger partial charge in [0, 0.05) is 19.7 Å². The van der Waals surface area contributed by atoms with Crippen LogP contribution in [0.2, 0.25) is 0 Å². The van der Waals surface area contributed by atoms with Crippen molar-refractivity contribution in [2.24, 2.45) is 0 Å². The van der Waals surface area contributed by atoms with E-state index in [1.165, 1.54) is 0 Å². The highest BCUT2D eigenvalue weighted by molar-refractivity contribution is 5.87. The first-order valence-corrected chi connectivity index (χ1v) is 5.31. The summed E-state index contributed by atoms with van der Waals surface area (Å²) in [7, 11) is 0. The molecule has 0 N–H and O–H groups in total. The van der Waals surface area contributed by atoms with E-state index in [2.05, 4.69) is 0 Å². The van der Waals surface area contributed by atoms with Crippen LogP contribution in [-0.2, 0) is 9.53 Å². The zero-order valence-electron chi connectivity index (χ0n) is 9.03. The van der Waals surface area contributed by atoms with Crippen molar-refractivity contribution in [2.45, 2.75) is 32.8 Å². The summed E-state index contributed by atoms with van der Waals surface area (Å²) >= 11 is 0. The fraction of sp³-hybridized carbons (Fsp3) is 0.727. The van der Waals surface area contributed by atoms with Gasteiger partial charge in [-0.1, -0.05) is 6.08 Å². The Bertz CT molecular complexity index is 211. The summed E-state index contributed by atoms with van der Waals surface area (Å²) in [4.78, 5) is 13.4. The SMILES string of the molecule is CC=CC(=O)N1CCCC(OCC)C1. The molecule has 1 fully saturated rings. The van der Waals surface area contributed by atoms with Crippen molar-refractivity contribution in [1.82, 2.24) is 4.90 Å². The van der Waals surface area contributed by atoms with Gasteiger partial charge >= 0.3 is 0 Å². The molecule has 0 aliphatic carbocycles. The second-order valence-corrected chi connectivity index (χ2v) is 3.50. The number of hydrogen-bond acceptors (Lipinski definition) is 2. The van der Waals surface area contributed by atoms with Gasteiger partial charge in [0.1, 0.15) is 0 Å². The fourth-order valence-electron chi connectivity index (χ4n) is 1.76. The molecule has 1 rings (SSSR count). The van der Waals surface area contributed by atoms with Crippen LogP contribution >= 0.6 is 0 Å². The lowest BCUT2D eigenvalue weighted by Crippen LogP contribution is -2.42. The van der Waals surface area contributed by atoms with Gasteiger partial charge in [-0.3, -0.25) is 4.79 Å². The third-order valence-corrected chi connectivity index (χ3v) is 2.40. The van der Waals surface area contributed by atoms with Crippen molar-refractivity contribution in [3.8, 4) is 0 Å². The third kappa shape index (κ3) is 3.14. The maximum Gasteiger partial charge on any atom is 0.246 e. The zero-order chi connectivity index (χ0) is 10.4. The van der Waals surface area contributed by atoms with Crippen LogP contribution in [0.4, 0.5) is 0 Å². The predicted molar refractivity (Wildman–Crippen MR) is 56.0 cm³/mol. The van der Waals surface area contributed by atoms with Crippen molar-refractivity contribution in [2.75, 3.05) is 19.7 Å². The molecular weight excluding hydrogens is 178 g/mol. The van der Waals surface area contributed by atoms with Crippen molar-refractivity contribution in [1.29, 1.82) is 0 Å². The first kappa shape index (κ1) is 11.2. The van der Waals surface area contributed by atoms with Gasteiger partial charge in [-0.2, -0.15) is 0 Å². The van der Waals surface area contributed by atoms with Crippen molar-refractivity contribution < 1.29 is 9.53 Å². The molecule has 1 unspecified atom stereocenters.